The lowest BCUT2D eigenvalue weighted by Crippen LogP contribution is -2.48. The van der Waals surface area contributed by atoms with E-state index in [1.165, 1.54) is 5.56 Å². The zero-order valence-electron chi connectivity index (χ0n) is 10.5. The average molecular weight is 256 g/mol. The summed E-state index contributed by atoms with van der Waals surface area (Å²) in [4.78, 5) is 11.8. The van der Waals surface area contributed by atoms with Gasteiger partial charge in [-0.3, -0.25) is 9.48 Å². The third-order valence-corrected chi connectivity index (χ3v) is 3.24. The molecule has 1 aromatic carbocycles. The number of amides is 1. The van der Waals surface area contributed by atoms with E-state index in [-0.39, 0.29) is 11.8 Å². The smallest absolute Gasteiger partial charge is 0.230 e. The van der Waals surface area contributed by atoms with Gasteiger partial charge in [-0.25, -0.2) is 0 Å². The standard InChI is InChI=1S/C14H16N4O/c19-14(12-6-15-7-12)17-13-8-16-18(10-13)9-11-4-2-1-3-5-11/h1-5,8,10,12,15H,6-7,9H2,(H,17,19). The van der Waals surface area contributed by atoms with Crippen LogP contribution in [0.5, 0.6) is 0 Å². The molecule has 1 aliphatic heterocycles. The molecule has 19 heavy (non-hydrogen) atoms. The molecule has 1 fully saturated rings. The molecule has 0 saturated carbocycles. The molecule has 0 spiro atoms. The van der Waals surface area contributed by atoms with Crippen LogP contribution in [-0.2, 0) is 11.3 Å². The number of carbonyl (C=O) groups excluding carboxylic acids is 1. The van der Waals surface area contributed by atoms with Crippen molar-refractivity contribution in [2.45, 2.75) is 6.54 Å². The Morgan fingerprint density at radius 2 is 2.16 bits per heavy atom. The molecular formula is C14H16N4O. The van der Waals surface area contributed by atoms with E-state index in [0.717, 1.165) is 18.8 Å². The quantitative estimate of drug-likeness (QED) is 0.861. The van der Waals surface area contributed by atoms with Crippen molar-refractivity contribution in [3.63, 3.8) is 0 Å². The fourth-order valence-corrected chi connectivity index (χ4v) is 2.00. The van der Waals surface area contributed by atoms with Crippen LogP contribution >= 0.6 is 0 Å². The third kappa shape index (κ3) is 2.82. The minimum absolute atomic E-state index is 0.0676. The van der Waals surface area contributed by atoms with Gasteiger partial charge in [0.15, 0.2) is 0 Å². The fourth-order valence-electron chi connectivity index (χ4n) is 2.00. The van der Waals surface area contributed by atoms with Crippen molar-refractivity contribution in [2.24, 2.45) is 5.92 Å². The molecule has 0 radical (unpaired) electrons. The molecule has 1 aromatic heterocycles. The first kappa shape index (κ1) is 11.9. The van der Waals surface area contributed by atoms with Crippen LogP contribution in [0.2, 0.25) is 0 Å². The number of benzene rings is 1. The van der Waals surface area contributed by atoms with Crippen LogP contribution in [0, 0.1) is 5.92 Å². The molecule has 5 heteroatoms. The summed E-state index contributed by atoms with van der Waals surface area (Å²) in [5.74, 6) is 0.162. The highest BCUT2D eigenvalue weighted by Gasteiger charge is 2.24. The summed E-state index contributed by atoms with van der Waals surface area (Å²) in [6.45, 7) is 2.25. The van der Waals surface area contributed by atoms with Gasteiger partial charge in [-0.1, -0.05) is 30.3 Å². The lowest BCUT2D eigenvalue weighted by molar-refractivity contribution is -0.121. The zero-order chi connectivity index (χ0) is 13.1. The van der Waals surface area contributed by atoms with Gasteiger partial charge >= 0.3 is 0 Å². The normalized spacial score (nSPS) is 14.9. The molecule has 0 unspecified atom stereocenters. The highest BCUT2D eigenvalue weighted by Crippen LogP contribution is 2.11. The van der Waals surface area contributed by atoms with Gasteiger partial charge in [-0.05, 0) is 5.56 Å². The first-order chi connectivity index (χ1) is 9.31. The van der Waals surface area contributed by atoms with E-state index in [9.17, 15) is 4.79 Å². The second kappa shape index (κ2) is 5.24. The maximum absolute atomic E-state index is 11.8. The van der Waals surface area contributed by atoms with Crippen molar-refractivity contribution in [1.82, 2.24) is 15.1 Å². The Bertz CT molecular complexity index is 560. The van der Waals surface area contributed by atoms with E-state index in [1.807, 2.05) is 29.1 Å². The van der Waals surface area contributed by atoms with Crippen molar-refractivity contribution in [2.75, 3.05) is 18.4 Å². The highest BCUT2D eigenvalue weighted by atomic mass is 16.2. The maximum atomic E-state index is 11.8. The minimum Gasteiger partial charge on any atom is -0.323 e. The molecule has 0 atom stereocenters. The van der Waals surface area contributed by atoms with Crippen molar-refractivity contribution in [1.29, 1.82) is 0 Å². The van der Waals surface area contributed by atoms with Crippen LogP contribution in [-0.4, -0.2) is 28.8 Å². The second-order valence-electron chi connectivity index (χ2n) is 4.76. The molecule has 1 amide bonds. The Hall–Kier alpha value is -2.14. The number of anilines is 1. The Kier molecular flexibility index (Phi) is 3.29. The number of hydrogen-bond acceptors (Lipinski definition) is 3. The van der Waals surface area contributed by atoms with E-state index in [2.05, 4.69) is 27.9 Å². The van der Waals surface area contributed by atoms with Crippen molar-refractivity contribution in [3.8, 4) is 0 Å². The Labute approximate surface area is 111 Å². The molecule has 2 heterocycles. The molecule has 1 aliphatic rings. The molecule has 1 saturated heterocycles. The Balaban J connectivity index is 1.61. The van der Waals surface area contributed by atoms with Crippen LogP contribution in [0.4, 0.5) is 5.69 Å². The summed E-state index contributed by atoms with van der Waals surface area (Å²) in [5, 5.41) is 10.2. The molecular weight excluding hydrogens is 240 g/mol. The van der Waals surface area contributed by atoms with Gasteiger partial charge in [0.2, 0.25) is 5.91 Å². The second-order valence-corrected chi connectivity index (χ2v) is 4.76. The van der Waals surface area contributed by atoms with Gasteiger partial charge < -0.3 is 10.6 Å². The van der Waals surface area contributed by atoms with Gasteiger partial charge in [0.05, 0.1) is 24.3 Å². The van der Waals surface area contributed by atoms with E-state index in [4.69, 9.17) is 0 Å². The van der Waals surface area contributed by atoms with Crippen LogP contribution in [0.25, 0.3) is 0 Å². The predicted molar refractivity (Wildman–Crippen MR) is 72.8 cm³/mol. The number of nitrogens with one attached hydrogen (secondary N) is 2. The van der Waals surface area contributed by atoms with Crippen LogP contribution < -0.4 is 10.6 Å². The SMILES string of the molecule is O=C(Nc1cnn(Cc2ccccc2)c1)C1CNC1. The zero-order valence-corrected chi connectivity index (χ0v) is 10.5. The molecule has 2 N–H and O–H groups in total. The van der Waals surface area contributed by atoms with Gasteiger partial charge in [0, 0.05) is 19.3 Å². The van der Waals surface area contributed by atoms with Gasteiger partial charge in [0.25, 0.3) is 0 Å². The van der Waals surface area contributed by atoms with E-state index in [1.54, 1.807) is 6.20 Å². The van der Waals surface area contributed by atoms with Gasteiger partial charge in [-0.2, -0.15) is 5.10 Å². The van der Waals surface area contributed by atoms with Gasteiger partial charge in [0.1, 0.15) is 0 Å². The van der Waals surface area contributed by atoms with Crippen LogP contribution in [0.1, 0.15) is 5.56 Å². The number of nitrogens with zero attached hydrogens (tertiary/aromatic N) is 2. The molecule has 0 bridgehead atoms. The molecule has 98 valence electrons. The molecule has 3 rings (SSSR count). The van der Waals surface area contributed by atoms with Crippen LogP contribution in [0.3, 0.4) is 0 Å². The fraction of sp³-hybridized carbons (Fsp3) is 0.286. The third-order valence-electron chi connectivity index (χ3n) is 3.24. The van der Waals surface area contributed by atoms with E-state index in [0.29, 0.717) is 6.54 Å². The lowest BCUT2D eigenvalue weighted by atomic mass is 10.0. The first-order valence-corrected chi connectivity index (χ1v) is 6.39. The Morgan fingerprint density at radius 1 is 1.37 bits per heavy atom. The summed E-state index contributed by atoms with van der Waals surface area (Å²) in [6.07, 6.45) is 3.55. The molecule has 2 aromatic rings. The summed E-state index contributed by atoms with van der Waals surface area (Å²) >= 11 is 0. The maximum Gasteiger partial charge on any atom is 0.230 e. The molecule has 5 nitrogen and oxygen atoms in total. The number of hydrogen-bond donors (Lipinski definition) is 2. The summed E-state index contributed by atoms with van der Waals surface area (Å²) in [5.41, 5.74) is 1.94. The van der Waals surface area contributed by atoms with Crippen molar-refractivity contribution < 1.29 is 4.79 Å². The van der Waals surface area contributed by atoms with Crippen LogP contribution in [0.15, 0.2) is 42.7 Å². The number of rotatable bonds is 4. The van der Waals surface area contributed by atoms with Crippen molar-refractivity contribution in [3.05, 3.63) is 48.3 Å². The predicted octanol–water partition coefficient (Wildman–Crippen LogP) is 1.09. The van der Waals surface area contributed by atoms with Crippen molar-refractivity contribution >= 4 is 11.6 Å². The number of carbonyl (C=O) groups is 1. The summed E-state index contributed by atoms with van der Waals surface area (Å²) in [7, 11) is 0. The lowest BCUT2D eigenvalue weighted by Gasteiger charge is -2.25. The van der Waals surface area contributed by atoms with Gasteiger partial charge in [-0.15, -0.1) is 0 Å². The summed E-state index contributed by atoms with van der Waals surface area (Å²) < 4.78 is 1.82. The first-order valence-electron chi connectivity index (χ1n) is 6.39. The largest absolute Gasteiger partial charge is 0.323 e. The summed E-state index contributed by atoms with van der Waals surface area (Å²) in [6, 6.07) is 10.1. The molecule has 0 aliphatic carbocycles. The monoisotopic (exact) mass is 256 g/mol. The Morgan fingerprint density at radius 3 is 2.84 bits per heavy atom. The number of aromatic nitrogens is 2. The average Bonchev–Trinajstić information content (AvgIpc) is 2.75. The van der Waals surface area contributed by atoms with E-state index >= 15 is 0 Å². The highest BCUT2D eigenvalue weighted by molar-refractivity contribution is 5.93. The topological polar surface area (TPSA) is 59.0 Å². The van der Waals surface area contributed by atoms with E-state index < -0.39 is 0 Å². The minimum atomic E-state index is 0.0676.